The number of ether oxygens (including phenoxy) is 3. The van der Waals surface area contributed by atoms with Crippen molar-refractivity contribution in [3.8, 4) is 17.2 Å². The average molecular weight is 383 g/mol. The van der Waals surface area contributed by atoms with E-state index in [0.717, 1.165) is 34.8 Å². The van der Waals surface area contributed by atoms with Gasteiger partial charge in [0, 0.05) is 43.2 Å². The highest BCUT2D eigenvalue weighted by molar-refractivity contribution is 5.79. The Morgan fingerprint density at radius 1 is 1.14 bits per heavy atom. The van der Waals surface area contributed by atoms with Gasteiger partial charge in [-0.1, -0.05) is 18.2 Å². The van der Waals surface area contributed by atoms with E-state index >= 15 is 0 Å². The summed E-state index contributed by atoms with van der Waals surface area (Å²) < 4.78 is 17.2. The second-order valence-corrected chi connectivity index (χ2v) is 6.72. The number of guanidine groups is 1. The summed E-state index contributed by atoms with van der Waals surface area (Å²) in [5, 5.41) is 6.69. The van der Waals surface area contributed by atoms with Crippen LogP contribution in [-0.4, -0.2) is 32.8 Å². The van der Waals surface area contributed by atoms with Crippen molar-refractivity contribution in [2.24, 2.45) is 4.99 Å². The Kier molecular flexibility index (Phi) is 6.63. The predicted molar refractivity (Wildman–Crippen MR) is 111 cm³/mol. The standard InChI is InChI=1S/C22H29N3O3/c1-5-27-20-11-17-10-15(2)28-21(17)12-18(20)14-25-22(23-3)24-13-16-8-6-7-9-19(16)26-4/h6-9,11-12,15H,5,10,13-14H2,1-4H3,(H2,23,24,25). The number of fused-ring (bicyclic) bond motifs is 1. The molecular formula is C22H29N3O3. The molecule has 1 heterocycles. The van der Waals surface area contributed by atoms with E-state index < -0.39 is 0 Å². The number of nitrogens with one attached hydrogen (secondary N) is 2. The van der Waals surface area contributed by atoms with Crippen LogP contribution >= 0.6 is 0 Å². The van der Waals surface area contributed by atoms with Crippen LogP contribution in [0.2, 0.25) is 0 Å². The van der Waals surface area contributed by atoms with E-state index in [9.17, 15) is 0 Å². The van der Waals surface area contributed by atoms with Crippen LogP contribution in [0.25, 0.3) is 0 Å². The lowest BCUT2D eigenvalue weighted by Crippen LogP contribution is -2.36. The van der Waals surface area contributed by atoms with Crippen LogP contribution in [-0.2, 0) is 19.5 Å². The lowest BCUT2D eigenvalue weighted by molar-refractivity contribution is 0.254. The highest BCUT2D eigenvalue weighted by atomic mass is 16.5. The van der Waals surface area contributed by atoms with E-state index in [1.807, 2.05) is 31.2 Å². The van der Waals surface area contributed by atoms with Gasteiger partial charge in [-0.15, -0.1) is 0 Å². The molecule has 0 saturated carbocycles. The summed E-state index contributed by atoms with van der Waals surface area (Å²) in [7, 11) is 3.44. The lowest BCUT2D eigenvalue weighted by Gasteiger charge is -2.16. The molecule has 0 radical (unpaired) electrons. The van der Waals surface area contributed by atoms with Gasteiger partial charge in [0.1, 0.15) is 23.4 Å². The third-order valence-electron chi connectivity index (χ3n) is 4.69. The third kappa shape index (κ3) is 4.68. The first-order chi connectivity index (χ1) is 13.6. The molecule has 6 heteroatoms. The zero-order chi connectivity index (χ0) is 19.9. The number of hydrogen-bond acceptors (Lipinski definition) is 4. The maximum absolute atomic E-state index is 5.90. The second kappa shape index (κ2) is 9.35. The van der Waals surface area contributed by atoms with Crippen LogP contribution in [0.3, 0.4) is 0 Å². The number of hydrogen-bond donors (Lipinski definition) is 2. The van der Waals surface area contributed by atoms with Gasteiger partial charge in [0.15, 0.2) is 5.96 Å². The fourth-order valence-electron chi connectivity index (χ4n) is 3.34. The highest BCUT2D eigenvalue weighted by Crippen LogP contribution is 2.35. The molecule has 0 aliphatic carbocycles. The van der Waals surface area contributed by atoms with Crippen LogP contribution < -0.4 is 24.8 Å². The van der Waals surface area contributed by atoms with Crippen LogP contribution in [0.5, 0.6) is 17.2 Å². The largest absolute Gasteiger partial charge is 0.496 e. The Balaban J connectivity index is 1.66. The second-order valence-electron chi connectivity index (χ2n) is 6.72. The van der Waals surface area contributed by atoms with Gasteiger partial charge in [-0.3, -0.25) is 4.99 Å². The first-order valence-electron chi connectivity index (χ1n) is 9.66. The minimum atomic E-state index is 0.211. The van der Waals surface area contributed by atoms with Crippen molar-refractivity contribution in [1.29, 1.82) is 0 Å². The molecule has 150 valence electrons. The zero-order valence-electron chi connectivity index (χ0n) is 17.0. The molecule has 0 spiro atoms. The van der Waals surface area contributed by atoms with E-state index in [4.69, 9.17) is 14.2 Å². The molecule has 0 saturated heterocycles. The number of rotatable bonds is 7. The third-order valence-corrected chi connectivity index (χ3v) is 4.69. The maximum Gasteiger partial charge on any atom is 0.191 e. The summed E-state index contributed by atoms with van der Waals surface area (Å²) >= 11 is 0. The monoisotopic (exact) mass is 383 g/mol. The minimum absolute atomic E-state index is 0.211. The van der Waals surface area contributed by atoms with E-state index in [0.29, 0.717) is 25.7 Å². The fraction of sp³-hybridized carbons (Fsp3) is 0.409. The van der Waals surface area contributed by atoms with Crippen molar-refractivity contribution < 1.29 is 14.2 Å². The molecule has 0 aromatic heterocycles. The highest BCUT2D eigenvalue weighted by Gasteiger charge is 2.21. The van der Waals surface area contributed by atoms with Crippen LogP contribution in [0.15, 0.2) is 41.4 Å². The molecule has 2 N–H and O–H groups in total. The van der Waals surface area contributed by atoms with Gasteiger partial charge >= 0.3 is 0 Å². The van der Waals surface area contributed by atoms with Crippen molar-refractivity contribution in [3.05, 3.63) is 53.1 Å². The molecule has 28 heavy (non-hydrogen) atoms. The predicted octanol–water partition coefficient (Wildman–Crippen LogP) is 3.28. The summed E-state index contributed by atoms with van der Waals surface area (Å²) in [6.07, 6.45) is 1.13. The number of nitrogens with zero attached hydrogens (tertiary/aromatic N) is 1. The van der Waals surface area contributed by atoms with Crippen LogP contribution in [0.1, 0.15) is 30.5 Å². The number of aliphatic imine (C=N–C) groups is 1. The van der Waals surface area contributed by atoms with Crippen LogP contribution in [0.4, 0.5) is 0 Å². The fourth-order valence-corrected chi connectivity index (χ4v) is 3.34. The van der Waals surface area contributed by atoms with Gasteiger partial charge in [-0.25, -0.2) is 0 Å². The van der Waals surface area contributed by atoms with Gasteiger partial charge in [-0.05, 0) is 32.0 Å². The summed E-state index contributed by atoms with van der Waals surface area (Å²) in [6, 6.07) is 12.1. The summed E-state index contributed by atoms with van der Waals surface area (Å²) in [5.41, 5.74) is 3.33. The average Bonchev–Trinajstić information content (AvgIpc) is 3.07. The van der Waals surface area contributed by atoms with Gasteiger partial charge in [0.2, 0.25) is 0 Å². The number of benzene rings is 2. The summed E-state index contributed by atoms with van der Waals surface area (Å²) in [4.78, 5) is 4.32. The SMILES string of the molecule is CCOc1cc2c(cc1CNC(=NC)NCc1ccccc1OC)OC(C)C2. The smallest absolute Gasteiger partial charge is 0.191 e. The Labute approximate surface area is 166 Å². The molecule has 1 unspecified atom stereocenters. The van der Waals surface area contributed by atoms with Crippen molar-refractivity contribution in [3.63, 3.8) is 0 Å². The Hall–Kier alpha value is -2.89. The lowest BCUT2D eigenvalue weighted by atomic mass is 10.1. The summed E-state index contributed by atoms with van der Waals surface area (Å²) in [6.45, 7) is 5.92. The maximum atomic E-state index is 5.90. The molecule has 1 atom stereocenters. The van der Waals surface area contributed by atoms with Gasteiger partial charge in [-0.2, -0.15) is 0 Å². The van der Waals surface area contributed by atoms with Gasteiger partial charge in [0.05, 0.1) is 13.7 Å². The molecule has 1 aliphatic rings. The molecular weight excluding hydrogens is 354 g/mol. The topological polar surface area (TPSA) is 64.1 Å². The van der Waals surface area contributed by atoms with Crippen molar-refractivity contribution in [2.45, 2.75) is 39.5 Å². The molecule has 0 bridgehead atoms. The minimum Gasteiger partial charge on any atom is -0.496 e. The van der Waals surface area contributed by atoms with E-state index in [1.165, 1.54) is 5.56 Å². The Morgan fingerprint density at radius 2 is 1.89 bits per heavy atom. The Bertz CT molecular complexity index is 836. The molecule has 2 aromatic carbocycles. The van der Waals surface area contributed by atoms with Gasteiger partial charge in [0.25, 0.3) is 0 Å². The first kappa shape index (κ1) is 19.9. The first-order valence-corrected chi connectivity index (χ1v) is 9.66. The normalized spacial score (nSPS) is 15.6. The van der Waals surface area contributed by atoms with E-state index in [2.05, 4.69) is 34.7 Å². The van der Waals surface area contributed by atoms with Crippen LogP contribution in [0, 0.1) is 0 Å². The van der Waals surface area contributed by atoms with Crippen molar-refractivity contribution >= 4 is 5.96 Å². The van der Waals surface area contributed by atoms with E-state index in [1.54, 1.807) is 14.2 Å². The molecule has 1 aliphatic heterocycles. The summed E-state index contributed by atoms with van der Waals surface area (Å²) in [5.74, 6) is 3.41. The quantitative estimate of drug-likeness (QED) is 0.567. The van der Waals surface area contributed by atoms with E-state index in [-0.39, 0.29) is 6.10 Å². The molecule has 3 rings (SSSR count). The van der Waals surface area contributed by atoms with Crippen molar-refractivity contribution in [2.75, 3.05) is 20.8 Å². The van der Waals surface area contributed by atoms with Crippen molar-refractivity contribution in [1.82, 2.24) is 10.6 Å². The molecule has 2 aromatic rings. The number of para-hydroxylation sites is 1. The Morgan fingerprint density at radius 3 is 2.61 bits per heavy atom. The molecule has 6 nitrogen and oxygen atoms in total. The van der Waals surface area contributed by atoms with Gasteiger partial charge < -0.3 is 24.8 Å². The molecule has 0 amide bonds. The number of methoxy groups -OCH3 is 1. The zero-order valence-corrected chi connectivity index (χ0v) is 17.0. The molecule has 0 fully saturated rings.